The van der Waals surface area contributed by atoms with Crippen molar-refractivity contribution >= 4 is 70.1 Å². The Morgan fingerprint density at radius 3 is 1.96 bits per heavy atom. The van der Waals surface area contributed by atoms with Gasteiger partial charge in [-0.25, -0.2) is 0 Å². The summed E-state index contributed by atoms with van der Waals surface area (Å²) in [5.41, 5.74) is 3.08. The summed E-state index contributed by atoms with van der Waals surface area (Å²) >= 11 is 13.7. The molecule has 9 heteroatoms. The van der Waals surface area contributed by atoms with Crippen LogP contribution in [0, 0.1) is 0 Å². The molecular weight excluding hydrogens is 625 g/mol. The molecule has 5 aromatic carbocycles. The van der Waals surface area contributed by atoms with Crippen LogP contribution in [0.3, 0.4) is 0 Å². The fraction of sp³-hybridized carbons (Fsp3) is 0.0278. The fourth-order valence-corrected chi connectivity index (χ4v) is 5.78. The van der Waals surface area contributed by atoms with Crippen LogP contribution in [0.5, 0.6) is 0 Å². The minimum absolute atomic E-state index is 0.0928. The molecule has 5 rings (SSSR count). The lowest BCUT2D eigenvalue weighted by Crippen LogP contribution is -2.30. The molecule has 3 N–H and O–H groups in total. The van der Waals surface area contributed by atoms with Gasteiger partial charge in [-0.15, -0.1) is 11.8 Å². The maximum atomic E-state index is 13.5. The number of carbonyl (C=O) groups excluding carboxylic acids is 3. The SMILES string of the molecule is O=C(Nc1ccc(SC(C(=O)Nc2ccc(Cl)cc2Cl)c2ccccc2)cc1)/C(=C/c1ccccc1)NC(=O)c1ccccc1. The van der Waals surface area contributed by atoms with Crippen molar-refractivity contribution in [3.05, 3.63) is 166 Å². The van der Waals surface area contributed by atoms with Gasteiger partial charge in [0.2, 0.25) is 5.91 Å². The average Bonchev–Trinajstić information content (AvgIpc) is 3.06. The first kappa shape index (κ1) is 31.6. The van der Waals surface area contributed by atoms with Gasteiger partial charge in [0, 0.05) is 21.2 Å². The normalized spacial score (nSPS) is 11.7. The van der Waals surface area contributed by atoms with Gasteiger partial charge in [-0.3, -0.25) is 14.4 Å². The van der Waals surface area contributed by atoms with Crippen molar-refractivity contribution in [1.29, 1.82) is 0 Å². The number of rotatable bonds is 10. The molecule has 224 valence electrons. The number of carbonyl (C=O) groups is 3. The smallest absolute Gasteiger partial charge is 0.272 e. The van der Waals surface area contributed by atoms with E-state index in [0.717, 1.165) is 16.0 Å². The number of halogens is 2. The van der Waals surface area contributed by atoms with Gasteiger partial charge in [-0.1, -0.05) is 102 Å². The van der Waals surface area contributed by atoms with Gasteiger partial charge < -0.3 is 16.0 Å². The van der Waals surface area contributed by atoms with E-state index in [4.69, 9.17) is 23.2 Å². The van der Waals surface area contributed by atoms with Crippen molar-refractivity contribution in [2.75, 3.05) is 10.6 Å². The third-order valence-electron chi connectivity index (χ3n) is 6.53. The highest BCUT2D eigenvalue weighted by Gasteiger charge is 2.23. The molecule has 45 heavy (non-hydrogen) atoms. The van der Waals surface area contributed by atoms with Gasteiger partial charge in [-0.2, -0.15) is 0 Å². The predicted octanol–water partition coefficient (Wildman–Crippen LogP) is 8.88. The largest absolute Gasteiger partial charge is 0.323 e. The van der Waals surface area contributed by atoms with Gasteiger partial charge in [0.15, 0.2) is 0 Å². The van der Waals surface area contributed by atoms with E-state index in [1.165, 1.54) is 11.8 Å². The van der Waals surface area contributed by atoms with Crippen molar-refractivity contribution in [2.24, 2.45) is 0 Å². The summed E-state index contributed by atoms with van der Waals surface area (Å²) in [5.74, 6) is -1.13. The van der Waals surface area contributed by atoms with Crippen molar-refractivity contribution in [1.82, 2.24) is 5.32 Å². The third kappa shape index (κ3) is 8.86. The Morgan fingerprint density at radius 1 is 0.689 bits per heavy atom. The lowest BCUT2D eigenvalue weighted by molar-refractivity contribution is -0.116. The van der Waals surface area contributed by atoms with Gasteiger partial charge in [0.25, 0.3) is 11.8 Å². The maximum absolute atomic E-state index is 13.5. The first-order chi connectivity index (χ1) is 21.9. The number of thioether (sulfide) groups is 1. The van der Waals surface area contributed by atoms with E-state index < -0.39 is 17.1 Å². The number of anilines is 2. The van der Waals surface area contributed by atoms with Crippen molar-refractivity contribution < 1.29 is 14.4 Å². The van der Waals surface area contributed by atoms with Crippen LogP contribution in [0.2, 0.25) is 10.0 Å². The molecule has 0 aliphatic carbocycles. The topological polar surface area (TPSA) is 87.3 Å². The maximum Gasteiger partial charge on any atom is 0.272 e. The predicted molar refractivity (Wildman–Crippen MR) is 184 cm³/mol. The summed E-state index contributed by atoms with van der Waals surface area (Å²) in [6.07, 6.45) is 1.62. The average molecular weight is 653 g/mol. The van der Waals surface area contributed by atoms with Crippen LogP contribution < -0.4 is 16.0 Å². The van der Waals surface area contributed by atoms with E-state index in [1.54, 1.807) is 60.7 Å². The molecule has 0 fully saturated rings. The Kier molecular flexibility index (Phi) is 10.7. The molecule has 6 nitrogen and oxygen atoms in total. The van der Waals surface area contributed by atoms with Crippen molar-refractivity contribution in [3.8, 4) is 0 Å². The molecule has 0 bridgehead atoms. The number of hydrogen-bond acceptors (Lipinski definition) is 4. The summed E-state index contributed by atoms with van der Waals surface area (Å²) in [7, 11) is 0. The molecule has 0 aliphatic heterocycles. The molecule has 1 unspecified atom stereocenters. The zero-order chi connectivity index (χ0) is 31.6. The highest BCUT2D eigenvalue weighted by molar-refractivity contribution is 8.00. The van der Waals surface area contributed by atoms with E-state index in [1.807, 2.05) is 78.9 Å². The molecule has 0 radical (unpaired) electrons. The second kappa shape index (κ2) is 15.3. The lowest BCUT2D eigenvalue weighted by Gasteiger charge is -2.18. The van der Waals surface area contributed by atoms with Crippen molar-refractivity contribution in [2.45, 2.75) is 10.1 Å². The van der Waals surface area contributed by atoms with E-state index in [-0.39, 0.29) is 11.6 Å². The van der Waals surface area contributed by atoms with E-state index in [2.05, 4.69) is 16.0 Å². The second-order valence-corrected chi connectivity index (χ2v) is 11.8. The zero-order valence-corrected chi connectivity index (χ0v) is 26.1. The van der Waals surface area contributed by atoms with E-state index in [0.29, 0.717) is 27.0 Å². The Morgan fingerprint density at radius 2 is 1.31 bits per heavy atom. The molecule has 0 heterocycles. The van der Waals surface area contributed by atoms with Gasteiger partial charge in [-0.05, 0) is 71.8 Å². The number of nitrogens with one attached hydrogen (secondary N) is 3. The Hall–Kier alpha value is -4.82. The Labute approximate surface area is 275 Å². The van der Waals surface area contributed by atoms with Gasteiger partial charge in [0.05, 0.1) is 10.7 Å². The molecule has 1 atom stereocenters. The summed E-state index contributed by atoms with van der Waals surface area (Å²) < 4.78 is 0. The summed E-state index contributed by atoms with van der Waals surface area (Å²) in [6.45, 7) is 0. The molecular formula is C36H27Cl2N3O3S. The standard InChI is InChI=1S/C36H27Cl2N3O3S/c37-27-16-21-31(30(38)23-27)40-36(44)33(25-12-6-2-7-13-25)45-29-19-17-28(18-20-29)39-35(43)32(22-24-10-4-1-5-11-24)41-34(42)26-14-8-3-9-15-26/h1-23,33H,(H,39,43)(H,40,44)(H,41,42)/b32-22-. The highest BCUT2D eigenvalue weighted by atomic mass is 35.5. The van der Waals surface area contributed by atoms with Gasteiger partial charge >= 0.3 is 0 Å². The molecule has 0 spiro atoms. The van der Waals surface area contributed by atoms with E-state index >= 15 is 0 Å². The molecule has 0 saturated carbocycles. The number of benzene rings is 5. The Bertz CT molecular complexity index is 1820. The van der Waals surface area contributed by atoms with E-state index in [9.17, 15) is 14.4 Å². The second-order valence-electron chi connectivity index (χ2n) is 9.79. The minimum atomic E-state index is -0.591. The van der Waals surface area contributed by atoms with Crippen LogP contribution in [-0.4, -0.2) is 17.7 Å². The summed E-state index contributed by atoms with van der Waals surface area (Å²) in [6, 6.07) is 39.4. The first-order valence-electron chi connectivity index (χ1n) is 13.9. The molecule has 0 aliphatic rings. The monoisotopic (exact) mass is 651 g/mol. The number of amides is 3. The van der Waals surface area contributed by atoms with Crippen LogP contribution in [0.25, 0.3) is 6.08 Å². The zero-order valence-electron chi connectivity index (χ0n) is 23.7. The molecule has 0 saturated heterocycles. The van der Waals surface area contributed by atoms with Crippen LogP contribution in [0.1, 0.15) is 26.7 Å². The number of hydrogen-bond donors (Lipinski definition) is 3. The first-order valence-corrected chi connectivity index (χ1v) is 15.5. The molecule has 0 aromatic heterocycles. The fourth-order valence-electron chi connectivity index (χ4n) is 4.30. The minimum Gasteiger partial charge on any atom is -0.323 e. The Balaban J connectivity index is 1.32. The van der Waals surface area contributed by atoms with Crippen LogP contribution in [-0.2, 0) is 9.59 Å². The van der Waals surface area contributed by atoms with Crippen LogP contribution >= 0.6 is 35.0 Å². The van der Waals surface area contributed by atoms with Crippen LogP contribution in [0.4, 0.5) is 11.4 Å². The molecule has 3 amide bonds. The summed E-state index contributed by atoms with van der Waals surface area (Å²) in [5, 5.41) is 8.73. The van der Waals surface area contributed by atoms with Crippen molar-refractivity contribution in [3.63, 3.8) is 0 Å². The lowest BCUT2D eigenvalue weighted by atomic mass is 10.1. The van der Waals surface area contributed by atoms with Crippen LogP contribution in [0.15, 0.2) is 144 Å². The quantitative estimate of drug-likeness (QED) is 0.104. The van der Waals surface area contributed by atoms with Gasteiger partial charge in [0.1, 0.15) is 10.9 Å². The highest BCUT2D eigenvalue weighted by Crippen LogP contribution is 2.37. The summed E-state index contributed by atoms with van der Waals surface area (Å²) in [4.78, 5) is 40.5. The molecule has 5 aromatic rings. The third-order valence-corrected chi connectivity index (χ3v) is 8.35.